The highest BCUT2D eigenvalue weighted by Crippen LogP contribution is 2.18. The Morgan fingerprint density at radius 3 is 2.73 bits per heavy atom. The van der Waals surface area contributed by atoms with Crippen LogP contribution in [0, 0.1) is 5.82 Å². The monoisotopic (exact) mass is 302 g/mol. The molecule has 116 valence electrons. The highest BCUT2D eigenvalue weighted by molar-refractivity contribution is 5.21. The fourth-order valence-corrected chi connectivity index (χ4v) is 2.74. The Balaban J connectivity index is 1.77. The van der Waals surface area contributed by atoms with E-state index in [1.165, 1.54) is 6.07 Å². The summed E-state index contributed by atoms with van der Waals surface area (Å²) in [6, 6.07) is 10.1. The zero-order chi connectivity index (χ0) is 15.4. The van der Waals surface area contributed by atoms with Gasteiger partial charge in [-0.2, -0.15) is 0 Å². The van der Waals surface area contributed by atoms with Gasteiger partial charge in [0.15, 0.2) is 5.75 Å². The highest BCUT2D eigenvalue weighted by Gasteiger charge is 2.17. The van der Waals surface area contributed by atoms with Gasteiger partial charge in [-0.1, -0.05) is 18.2 Å². The van der Waals surface area contributed by atoms with Gasteiger partial charge in [0.1, 0.15) is 12.4 Å². The van der Waals surface area contributed by atoms with Gasteiger partial charge in [-0.3, -0.25) is 4.79 Å². The Bertz CT molecular complexity index is 693. The van der Waals surface area contributed by atoms with Gasteiger partial charge in [-0.25, -0.2) is 4.39 Å². The first-order valence-electron chi connectivity index (χ1n) is 7.54. The predicted octanol–water partition coefficient (Wildman–Crippen LogP) is 2.49. The molecule has 3 rings (SSSR count). The molecule has 22 heavy (non-hydrogen) atoms. The lowest BCUT2D eigenvalue weighted by atomic mass is 10.1. The summed E-state index contributed by atoms with van der Waals surface area (Å²) in [7, 11) is 0. The van der Waals surface area contributed by atoms with Crippen LogP contribution < -0.4 is 15.6 Å². The second-order valence-electron chi connectivity index (χ2n) is 5.45. The number of nitrogens with one attached hydrogen (secondary N) is 1. The smallest absolute Gasteiger partial charge is 0.293 e. The van der Waals surface area contributed by atoms with Gasteiger partial charge < -0.3 is 14.6 Å². The van der Waals surface area contributed by atoms with Gasteiger partial charge in [0.05, 0.1) is 0 Å². The molecule has 0 bridgehead atoms. The molecule has 1 aliphatic heterocycles. The van der Waals surface area contributed by atoms with Gasteiger partial charge in [-0.05, 0) is 44.1 Å². The van der Waals surface area contributed by atoms with Crippen LogP contribution in [0.1, 0.15) is 24.4 Å². The van der Waals surface area contributed by atoms with E-state index in [0.29, 0.717) is 5.56 Å². The van der Waals surface area contributed by atoms with Crippen LogP contribution in [0.5, 0.6) is 5.75 Å². The number of pyridine rings is 1. The summed E-state index contributed by atoms with van der Waals surface area (Å²) in [5.74, 6) is -0.0543. The van der Waals surface area contributed by atoms with E-state index in [1.54, 1.807) is 41.1 Å². The first-order valence-corrected chi connectivity index (χ1v) is 7.54. The summed E-state index contributed by atoms with van der Waals surface area (Å²) in [6.45, 7) is 1.88. The van der Waals surface area contributed by atoms with Crippen molar-refractivity contribution in [3.63, 3.8) is 0 Å². The Morgan fingerprint density at radius 1 is 1.18 bits per heavy atom. The van der Waals surface area contributed by atoms with E-state index in [1.807, 2.05) is 0 Å². The zero-order valence-corrected chi connectivity index (χ0v) is 12.3. The fourth-order valence-electron chi connectivity index (χ4n) is 2.74. The van der Waals surface area contributed by atoms with Crippen LogP contribution >= 0.6 is 0 Å². The second-order valence-corrected chi connectivity index (χ2v) is 5.45. The summed E-state index contributed by atoms with van der Waals surface area (Å²) in [6.07, 6.45) is 3.65. The van der Waals surface area contributed by atoms with Crippen LogP contribution in [0.4, 0.5) is 4.39 Å². The van der Waals surface area contributed by atoms with Crippen LogP contribution in [0.15, 0.2) is 47.4 Å². The number of ether oxygens (including phenoxy) is 1. The molecule has 1 saturated heterocycles. The maximum atomic E-state index is 13.6. The molecule has 0 amide bonds. The van der Waals surface area contributed by atoms with Crippen molar-refractivity contribution in [2.24, 2.45) is 0 Å². The molecule has 5 heteroatoms. The average Bonchev–Trinajstić information content (AvgIpc) is 2.56. The van der Waals surface area contributed by atoms with Crippen molar-refractivity contribution < 1.29 is 9.13 Å². The summed E-state index contributed by atoms with van der Waals surface area (Å²) in [4.78, 5) is 12.5. The third-order valence-corrected chi connectivity index (χ3v) is 3.98. The standard InChI is InChI=1S/C17H19FN2O2/c18-15-5-2-1-4-13(15)12-22-16-6-3-11-20(17(16)21)14-7-9-19-10-8-14/h1-6,11,14,19H,7-10,12H2. The minimum Gasteiger partial charge on any atom is -0.483 e. The molecular weight excluding hydrogens is 283 g/mol. The molecular formula is C17H19FN2O2. The number of rotatable bonds is 4. The average molecular weight is 302 g/mol. The summed E-state index contributed by atoms with van der Waals surface area (Å²) in [5.41, 5.74) is 0.296. The van der Waals surface area contributed by atoms with Crippen LogP contribution in [-0.4, -0.2) is 17.7 Å². The Morgan fingerprint density at radius 2 is 1.95 bits per heavy atom. The van der Waals surface area contributed by atoms with Gasteiger partial charge in [0.25, 0.3) is 5.56 Å². The molecule has 1 fully saturated rings. The predicted molar refractivity (Wildman–Crippen MR) is 82.6 cm³/mol. The first-order chi connectivity index (χ1) is 10.8. The molecule has 2 heterocycles. The lowest BCUT2D eigenvalue weighted by molar-refractivity contribution is 0.286. The topological polar surface area (TPSA) is 43.3 Å². The van der Waals surface area contributed by atoms with Crippen LogP contribution in [0.3, 0.4) is 0 Å². The molecule has 1 aromatic heterocycles. The normalized spacial score (nSPS) is 15.7. The molecule has 4 nitrogen and oxygen atoms in total. The van der Waals surface area contributed by atoms with Crippen molar-refractivity contribution in [3.05, 3.63) is 64.3 Å². The van der Waals surface area contributed by atoms with E-state index in [0.717, 1.165) is 25.9 Å². The number of halogens is 1. The molecule has 0 saturated carbocycles. The van der Waals surface area contributed by atoms with Crippen molar-refractivity contribution in [3.8, 4) is 5.75 Å². The maximum absolute atomic E-state index is 13.6. The minimum atomic E-state index is -0.322. The molecule has 0 spiro atoms. The third-order valence-electron chi connectivity index (χ3n) is 3.98. The van der Waals surface area contributed by atoms with Crippen LogP contribution in [0.25, 0.3) is 0 Å². The van der Waals surface area contributed by atoms with E-state index in [9.17, 15) is 9.18 Å². The van der Waals surface area contributed by atoms with Crippen molar-refractivity contribution in [1.29, 1.82) is 0 Å². The molecule has 1 N–H and O–H groups in total. The molecule has 2 aromatic rings. The Kier molecular flexibility index (Phi) is 4.53. The van der Waals surface area contributed by atoms with E-state index in [4.69, 9.17) is 4.74 Å². The number of piperidine rings is 1. The number of aromatic nitrogens is 1. The lowest BCUT2D eigenvalue weighted by Gasteiger charge is -2.25. The van der Waals surface area contributed by atoms with Crippen molar-refractivity contribution in [1.82, 2.24) is 9.88 Å². The molecule has 0 aliphatic carbocycles. The second kappa shape index (κ2) is 6.75. The first kappa shape index (κ1) is 14.8. The quantitative estimate of drug-likeness (QED) is 0.943. The summed E-state index contributed by atoms with van der Waals surface area (Å²) in [5, 5.41) is 3.28. The Labute approximate surface area is 128 Å². The van der Waals surface area contributed by atoms with Crippen LogP contribution in [-0.2, 0) is 6.61 Å². The van der Waals surface area contributed by atoms with Crippen molar-refractivity contribution >= 4 is 0 Å². The van der Waals surface area contributed by atoms with Crippen LogP contribution in [0.2, 0.25) is 0 Å². The third kappa shape index (κ3) is 3.20. The summed E-state index contributed by atoms with van der Waals surface area (Å²) < 4.78 is 20.9. The zero-order valence-electron chi connectivity index (χ0n) is 12.3. The van der Waals surface area contributed by atoms with E-state index >= 15 is 0 Å². The Hall–Kier alpha value is -2.14. The van der Waals surface area contributed by atoms with E-state index < -0.39 is 0 Å². The van der Waals surface area contributed by atoms with Gasteiger partial charge in [0.2, 0.25) is 0 Å². The van der Waals surface area contributed by atoms with E-state index in [2.05, 4.69) is 5.32 Å². The molecule has 0 radical (unpaired) electrons. The lowest BCUT2D eigenvalue weighted by Crippen LogP contribution is -2.34. The van der Waals surface area contributed by atoms with E-state index in [-0.39, 0.29) is 29.8 Å². The maximum Gasteiger partial charge on any atom is 0.293 e. The molecule has 0 atom stereocenters. The summed E-state index contributed by atoms with van der Waals surface area (Å²) >= 11 is 0. The largest absolute Gasteiger partial charge is 0.483 e. The van der Waals surface area contributed by atoms with Crippen molar-refractivity contribution in [2.45, 2.75) is 25.5 Å². The fraction of sp³-hybridized carbons (Fsp3) is 0.353. The number of benzene rings is 1. The number of hydrogen-bond acceptors (Lipinski definition) is 3. The number of hydrogen-bond donors (Lipinski definition) is 1. The molecule has 0 unspecified atom stereocenters. The van der Waals surface area contributed by atoms with Gasteiger partial charge in [-0.15, -0.1) is 0 Å². The minimum absolute atomic E-state index is 0.0537. The van der Waals surface area contributed by atoms with Gasteiger partial charge >= 0.3 is 0 Å². The van der Waals surface area contributed by atoms with Gasteiger partial charge in [0, 0.05) is 17.8 Å². The van der Waals surface area contributed by atoms with Crippen molar-refractivity contribution in [2.75, 3.05) is 13.1 Å². The SMILES string of the molecule is O=c1c(OCc2ccccc2F)cccn1C1CCNCC1. The highest BCUT2D eigenvalue weighted by atomic mass is 19.1. The number of nitrogens with zero attached hydrogens (tertiary/aromatic N) is 1. The molecule has 1 aromatic carbocycles. The molecule has 1 aliphatic rings.